The van der Waals surface area contributed by atoms with Gasteiger partial charge in [0.1, 0.15) is 17.2 Å². The minimum Gasteiger partial charge on any atom is -0.497 e. The van der Waals surface area contributed by atoms with Crippen molar-refractivity contribution in [2.45, 2.75) is 11.8 Å². The average molecular weight is 516 g/mol. The molecule has 0 saturated heterocycles. The van der Waals surface area contributed by atoms with E-state index in [1.807, 2.05) is 55.5 Å². The molecule has 0 saturated carbocycles. The Balaban J connectivity index is 1.94. The lowest BCUT2D eigenvalue weighted by molar-refractivity contribution is 0.414. The molecular formula is C30H29NO5S. The maximum absolute atomic E-state index is 14.0. The second kappa shape index (κ2) is 11.2. The van der Waals surface area contributed by atoms with Gasteiger partial charge in [-0.2, -0.15) is 0 Å². The van der Waals surface area contributed by atoms with Gasteiger partial charge in [-0.1, -0.05) is 42.0 Å². The van der Waals surface area contributed by atoms with Crippen molar-refractivity contribution < 1.29 is 22.6 Å². The third-order valence-corrected chi connectivity index (χ3v) is 7.66. The summed E-state index contributed by atoms with van der Waals surface area (Å²) in [5.41, 5.74) is 3.80. The van der Waals surface area contributed by atoms with E-state index in [9.17, 15) is 8.42 Å². The minimum atomic E-state index is -3.96. The number of nitrogens with zero attached hydrogens (tertiary/aromatic N) is 1. The molecule has 6 nitrogen and oxygen atoms in total. The first kappa shape index (κ1) is 25.9. The van der Waals surface area contributed by atoms with Gasteiger partial charge in [0.05, 0.1) is 31.9 Å². The van der Waals surface area contributed by atoms with E-state index in [1.54, 1.807) is 76.1 Å². The highest BCUT2D eigenvalue weighted by Crippen LogP contribution is 2.32. The largest absolute Gasteiger partial charge is 0.497 e. The molecule has 0 aromatic heterocycles. The van der Waals surface area contributed by atoms with Crippen LogP contribution in [-0.4, -0.2) is 29.7 Å². The normalized spacial score (nSPS) is 10.9. The Morgan fingerprint density at radius 3 is 1.43 bits per heavy atom. The van der Waals surface area contributed by atoms with Gasteiger partial charge in [-0.3, -0.25) is 0 Å². The molecule has 0 fully saturated rings. The van der Waals surface area contributed by atoms with Crippen molar-refractivity contribution in [3.63, 3.8) is 0 Å². The number of anilines is 1. The van der Waals surface area contributed by atoms with Crippen molar-refractivity contribution in [1.82, 2.24) is 0 Å². The fraction of sp³-hybridized carbons (Fsp3) is 0.133. The van der Waals surface area contributed by atoms with Gasteiger partial charge in [0.25, 0.3) is 10.0 Å². The van der Waals surface area contributed by atoms with Crippen molar-refractivity contribution in [3.05, 3.63) is 120 Å². The van der Waals surface area contributed by atoms with Gasteiger partial charge < -0.3 is 14.2 Å². The van der Waals surface area contributed by atoms with Gasteiger partial charge in [0, 0.05) is 11.8 Å². The summed E-state index contributed by atoms with van der Waals surface area (Å²) in [6.07, 6.45) is 1.65. The van der Waals surface area contributed by atoms with E-state index in [2.05, 4.69) is 0 Å². The van der Waals surface area contributed by atoms with Crippen LogP contribution in [0.25, 0.3) is 5.57 Å². The third kappa shape index (κ3) is 5.78. The maximum atomic E-state index is 14.0. The second-order valence-corrected chi connectivity index (χ2v) is 10.1. The molecule has 37 heavy (non-hydrogen) atoms. The van der Waals surface area contributed by atoms with Gasteiger partial charge in [-0.25, -0.2) is 12.7 Å². The summed E-state index contributed by atoms with van der Waals surface area (Å²) >= 11 is 0. The van der Waals surface area contributed by atoms with E-state index in [0.29, 0.717) is 28.5 Å². The molecule has 190 valence electrons. The molecule has 0 atom stereocenters. The molecule has 0 aliphatic heterocycles. The van der Waals surface area contributed by atoms with Crippen LogP contribution in [0, 0.1) is 6.92 Å². The lowest BCUT2D eigenvalue weighted by atomic mass is 9.98. The molecule has 0 bridgehead atoms. The van der Waals surface area contributed by atoms with Crippen molar-refractivity contribution in [2.75, 3.05) is 25.6 Å². The Morgan fingerprint density at radius 1 is 0.622 bits per heavy atom. The van der Waals surface area contributed by atoms with E-state index in [0.717, 1.165) is 16.7 Å². The molecular weight excluding hydrogens is 486 g/mol. The summed E-state index contributed by atoms with van der Waals surface area (Å²) in [5.74, 6) is 2.04. The quantitative estimate of drug-likeness (QED) is 0.262. The van der Waals surface area contributed by atoms with Gasteiger partial charge >= 0.3 is 0 Å². The molecule has 0 aliphatic carbocycles. The third-order valence-electron chi connectivity index (χ3n) is 5.95. The molecule has 4 aromatic rings. The summed E-state index contributed by atoms with van der Waals surface area (Å²) in [6.45, 7) is 1.92. The smallest absolute Gasteiger partial charge is 0.268 e. The number of aryl methyl sites for hydroxylation is 1. The number of hydrogen-bond acceptors (Lipinski definition) is 5. The molecule has 0 amide bonds. The van der Waals surface area contributed by atoms with Crippen LogP contribution in [-0.2, 0) is 10.0 Å². The zero-order valence-electron chi connectivity index (χ0n) is 21.2. The average Bonchev–Trinajstić information content (AvgIpc) is 2.94. The molecule has 0 heterocycles. The Bertz CT molecular complexity index is 1410. The van der Waals surface area contributed by atoms with Gasteiger partial charge in [-0.05, 0) is 78.7 Å². The predicted molar refractivity (Wildman–Crippen MR) is 147 cm³/mol. The lowest BCUT2D eigenvalue weighted by Gasteiger charge is -2.23. The molecule has 0 spiro atoms. The Kier molecular flexibility index (Phi) is 7.84. The van der Waals surface area contributed by atoms with E-state index in [1.165, 1.54) is 4.31 Å². The summed E-state index contributed by atoms with van der Waals surface area (Å²) in [6, 6.07) is 28.7. The first-order chi connectivity index (χ1) is 17.8. The summed E-state index contributed by atoms with van der Waals surface area (Å²) in [7, 11) is 0.822. The van der Waals surface area contributed by atoms with Crippen LogP contribution in [0.4, 0.5) is 5.69 Å². The number of ether oxygens (including phenoxy) is 3. The maximum Gasteiger partial charge on any atom is 0.268 e. The lowest BCUT2D eigenvalue weighted by Crippen LogP contribution is -2.26. The number of benzene rings is 4. The van der Waals surface area contributed by atoms with Crippen LogP contribution in [0.2, 0.25) is 0 Å². The van der Waals surface area contributed by atoms with Crippen LogP contribution in [0.5, 0.6) is 17.2 Å². The van der Waals surface area contributed by atoms with E-state index >= 15 is 0 Å². The van der Waals surface area contributed by atoms with Crippen LogP contribution in [0.3, 0.4) is 0 Å². The van der Waals surface area contributed by atoms with E-state index < -0.39 is 10.0 Å². The Labute approximate surface area is 218 Å². The summed E-state index contributed by atoms with van der Waals surface area (Å²) in [4.78, 5) is 0.189. The zero-order chi connectivity index (χ0) is 26.4. The number of sulfonamides is 1. The SMILES string of the molecule is COc1ccc(C(=CN(c2ccc(OC)cc2)S(=O)(=O)c2ccc(C)cc2)c2ccc(OC)cc2)cc1. The molecule has 4 rings (SSSR count). The summed E-state index contributed by atoms with van der Waals surface area (Å²) in [5, 5.41) is 0. The van der Waals surface area contributed by atoms with Crippen molar-refractivity contribution in [3.8, 4) is 17.2 Å². The first-order valence-corrected chi connectivity index (χ1v) is 13.1. The van der Waals surface area contributed by atoms with E-state index in [-0.39, 0.29) is 4.90 Å². The standard InChI is InChI=1S/C30H29NO5S/c1-22-5-19-29(20-6-22)37(32,33)31(25-11-17-28(36-4)18-12-25)21-30(23-7-13-26(34-2)14-8-23)24-9-15-27(35-3)16-10-24/h5-21H,1-4H3. The molecule has 7 heteroatoms. The van der Waals surface area contributed by atoms with Crippen molar-refractivity contribution in [2.24, 2.45) is 0 Å². The fourth-order valence-corrected chi connectivity index (χ4v) is 5.16. The highest BCUT2D eigenvalue weighted by Gasteiger charge is 2.25. The highest BCUT2D eigenvalue weighted by molar-refractivity contribution is 7.93. The molecule has 0 unspecified atom stereocenters. The van der Waals surface area contributed by atoms with Crippen molar-refractivity contribution >= 4 is 21.3 Å². The van der Waals surface area contributed by atoms with Crippen LogP contribution < -0.4 is 18.5 Å². The highest BCUT2D eigenvalue weighted by atomic mass is 32.2. The first-order valence-electron chi connectivity index (χ1n) is 11.6. The van der Waals surface area contributed by atoms with Crippen LogP contribution >= 0.6 is 0 Å². The van der Waals surface area contributed by atoms with Crippen LogP contribution in [0.15, 0.2) is 108 Å². The minimum absolute atomic E-state index is 0.189. The van der Waals surface area contributed by atoms with Crippen LogP contribution in [0.1, 0.15) is 16.7 Å². The monoisotopic (exact) mass is 515 g/mol. The Morgan fingerprint density at radius 2 is 1.03 bits per heavy atom. The van der Waals surface area contributed by atoms with E-state index in [4.69, 9.17) is 14.2 Å². The molecule has 0 radical (unpaired) electrons. The topological polar surface area (TPSA) is 65.1 Å². The number of hydrogen-bond donors (Lipinski definition) is 0. The molecule has 0 N–H and O–H groups in total. The number of methoxy groups -OCH3 is 3. The molecule has 0 aliphatic rings. The predicted octanol–water partition coefficient (Wildman–Crippen LogP) is 6.31. The number of rotatable bonds is 9. The van der Waals surface area contributed by atoms with Gasteiger partial charge in [0.15, 0.2) is 0 Å². The Hall–Kier alpha value is -4.23. The molecule has 4 aromatic carbocycles. The second-order valence-electron chi connectivity index (χ2n) is 8.31. The van der Waals surface area contributed by atoms with Crippen molar-refractivity contribution in [1.29, 1.82) is 0 Å². The van der Waals surface area contributed by atoms with Gasteiger partial charge in [0.2, 0.25) is 0 Å². The fourth-order valence-electron chi connectivity index (χ4n) is 3.81. The zero-order valence-corrected chi connectivity index (χ0v) is 22.0. The van der Waals surface area contributed by atoms with Gasteiger partial charge in [-0.15, -0.1) is 0 Å². The summed E-state index contributed by atoms with van der Waals surface area (Å²) < 4.78 is 45.3.